The van der Waals surface area contributed by atoms with E-state index in [-0.39, 0.29) is 0 Å². The molecule has 17 heavy (non-hydrogen) atoms. The van der Waals surface area contributed by atoms with Gasteiger partial charge in [-0.15, -0.1) is 0 Å². The van der Waals surface area contributed by atoms with Crippen molar-refractivity contribution >= 4 is 0 Å². The summed E-state index contributed by atoms with van der Waals surface area (Å²) < 4.78 is 0. The van der Waals surface area contributed by atoms with Gasteiger partial charge < -0.3 is 10.6 Å². The Bertz CT molecular complexity index is 323. The fraction of sp³-hybridized carbons (Fsp3) is 0.600. The van der Waals surface area contributed by atoms with Gasteiger partial charge in [0.05, 0.1) is 0 Å². The molecule has 0 amide bonds. The Morgan fingerprint density at radius 1 is 1.35 bits per heavy atom. The summed E-state index contributed by atoms with van der Waals surface area (Å²) in [6.07, 6.45) is 2.45. The predicted octanol–water partition coefficient (Wildman–Crippen LogP) is 2.46. The van der Waals surface area contributed by atoms with Crippen LogP contribution in [0.5, 0.6) is 0 Å². The number of nitrogens with zero attached hydrogens (tertiary/aromatic N) is 1. The van der Waals surface area contributed by atoms with Crippen LogP contribution in [-0.4, -0.2) is 31.1 Å². The highest BCUT2D eigenvalue weighted by Gasteiger charge is 2.24. The van der Waals surface area contributed by atoms with Gasteiger partial charge in [-0.2, -0.15) is 0 Å². The molecule has 1 aromatic rings. The SMILES string of the molecule is CC(CCN)CN1CCC(c2ccccc2)C1. The highest BCUT2D eigenvalue weighted by atomic mass is 15.1. The van der Waals surface area contributed by atoms with Crippen molar-refractivity contribution in [2.45, 2.75) is 25.7 Å². The topological polar surface area (TPSA) is 29.3 Å². The van der Waals surface area contributed by atoms with Gasteiger partial charge in [0.15, 0.2) is 0 Å². The summed E-state index contributed by atoms with van der Waals surface area (Å²) in [5.41, 5.74) is 7.10. The third-order valence-electron chi connectivity index (χ3n) is 3.77. The second-order valence-electron chi connectivity index (χ2n) is 5.34. The van der Waals surface area contributed by atoms with Gasteiger partial charge in [-0.25, -0.2) is 0 Å². The molecule has 0 aliphatic carbocycles. The van der Waals surface area contributed by atoms with Crippen LogP contribution in [-0.2, 0) is 0 Å². The van der Waals surface area contributed by atoms with E-state index < -0.39 is 0 Å². The molecule has 1 heterocycles. The van der Waals surface area contributed by atoms with Crippen LogP contribution in [0.4, 0.5) is 0 Å². The summed E-state index contributed by atoms with van der Waals surface area (Å²) in [5, 5.41) is 0. The number of nitrogens with two attached hydrogens (primary N) is 1. The Hall–Kier alpha value is -0.860. The van der Waals surface area contributed by atoms with Crippen LogP contribution >= 0.6 is 0 Å². The molecule has 1 aliphatic rings. The number of likely N-dealkylation sites (tertiary alicyclic amines) is 1. The smallest absolute Gasteiger partial charge is 0.00509 e. The summed E-state index contributed by atoms with van der Waals surface area (Å²) >= 11 is 0. The van der Waals surface area contributed by atoms with E-state index in [0.29, 0.717) is 0 Å². The largest absolute Gasteiger partial charge is 0.330 e. The van der Waals surface area contributed by atoms with Crippen molar-refractivity contribution in [1.82, 2.24) is 4.90 Å². The lowest BCUT2D eigenvalue weighted by molar-refractivity contribution is 0.279. The molecule has 2 N–H and O–H groups in total. The van der Waals surface area contributed by atoms with Gasteiger partial charge >= 0.3 is 0 Å². The molecule has 0 bridgehead atoms. The third-order valence-corrected chi connectivity index (χ3v) is 3.77. The highest BCUT2D eigenvalue weighted by Crippen LogP contribution is 2.27. The number of rotatable bonds is 5. The van der Waals surface area contributed by atoms with E-state index >= 15 is 0 Å². The third kappa shape index (κ3) is 3.55. The Labute approximate surface area is 105 Å². The Balaban J connectivity index is 1.83. The number of benzene rings is 1. The Morgan fingerprint density at radius 3 is 2.82 bits per heavy atom. The lowest BCUT2D eigenvalue weighted by Crippen LogP contribution is -2.27. The van der Waals surface area contributed by atoms with Crippen molar-refractivity contribution in [1.29, 1.82) is 0 Å². The standard InChI is InChI=1S/C15H24N2/c1-13(7-9-16)11-17-10-8-15(12-17)14-5-3-2-4-6-14/h2-6,13,15H,7-12,16H2,1H3. The van der Waals surface area contributed by atoms with Gasteiger partial charge in [-0.3, -0.25) is 0 Å². The molecule has 0 aromatic heterocycles. The first kappa shape index (κ1) is 12.6. The average molecular weight is 232 g/mol. The number of hydrogen-bond donors (Lipinski definition) is 1. The summed E-state index contributed by atoms with van der Waals surface area (Å²) in [6.45, 7) is 6.80. The summed E-state index contributed by atoms with van der Waals surface area (Å²) in [6, 6.07) is 10.9. The number of hydrogen-bond acceptors (Lipinski definition) is 2. The minimum Gasteiger partial charge on any atom is -0.330 e. The molecule has 1 aliphatic heterocycles. The van der Waals surface area contributed by atoms with Gasteiger partial charge in [0.1, 0.15) is 0 Å². The van der Waals surface area contributed by atoms with Crippen molar-refractivity contribution < 1.29 is 0 Å². The monoisotopic (exact) mass is 232 g/mol. The molecule has 94 valence electrons. The zero-order chi connectivity index (χ0) is 12.1. The normalized spacial score (nSPS) is 22.8. The van der Waals surface area contributed by atoms with Crippen LogP contribution in [0.15, 0.2) is 30.3 Å². The summed E-state index contributed by atoms with van der Waals surface area (Å²) in [7, 11) is 0. The lowest BCUT2D eigenvalue weighted by atomic mass is 9.99. The van der Waals surface area contributed by atoms with Crippen LogP contribution in [0, 0.1) is 5.92 Å². The van der Waals surface area contributed by atoms with Crippen molar-refractivity contribution in [2.75, 3.05) is 26.2 Å². The van der Waals surface area contributed by atoms with Crippen molar-refractivity contribution in [3.8, 4) is 0 Å². The first-order valence-electron chi connectivity index (χ1n) is 6.77. The fourth-order valence-corrected chi connectivity index (χ4v) is 2.81. The van der Waals surface area contributed by atoms with Crippen LogP contribution in [0.2, 0.25) is 0 Å². The molecule has 0 saturated carbocycles. The predicted molar refractivity (Wildman–Crippen MR) is 73.1 cm³/mol. The maximum absolute atomic E-state index is 5.60. The molecule has 2 rings (SSSR count). The van der Waals surface area contributed by atoms with E-state index in [1.54, 1.807) is 0 Å². The van der Waals surface area contributed by atoms with E-state index in [2.05, 4.69) is 42.2 Å². The van der Waals surface area contributed by atoms with Gasteiger partial charge in [0.25, 0.3) is 0 Å². The first-order chi connectivity index (χ1) is 8.29. The van der Waals surface area contributed by atoms with E-state index in [4.69, 9.17) is 5.73 Å². The maximum Gasteiger partial charge on any atom is 0.00509 e. The van der Waals surface area contributed by atoms with Gasteiger partial charge in [-0.05, 0) is 43.3 Å². The van der Waals surface area contributed by atoms with Crippen molar-refractivity contribution in [2.24, 2.45) is 11.7 Å². The second kappa shape index (κ2) is 6.18. The zero-order valence-corrected chi connectivity index (χ0v) is 10.8. The van der Waals surface area contributed by atoms with Gasteiger partial charge in [0.2, 0.25) is 0 Å². The molecule has 0 radical (unpaired) electrons. The molecule has 1 fully saturated rings. The van der Waals surface area contributed by atoms with Crippen molar-refractivity contribution in [3.63, 3.8) is 0 Å². The zero-order valence-electron chi connectivity index (χ0n) is 10.8. The first-order valence-corrected chi connectivity index (χ1v) is 6.77. The molecular weight excluding hydrogens is 208 g/mol. The summed E-state index contributed by atoms with van der Waals surface area (Å²) in [5.74, 6) is 1.47. The molecule has 0 spiro atoms. The van der Waals surface area contributed by atoms with Gasteiger partial charge in [-0.1, -0.05) is 37.3 Å². The van der Waals surface area contributed by atoms with Crippen LogP contribution in [0.1, 0.15) is 31.2 Å². The summed E-state index contributed by atoms with van der Waals surface area (Å²) in [4.78, 5) is 2.60. The van der Waals surface area contributed by atoms with E-state index in [1.165, 1.54) is 31.6 Å². The van der Waals surface area contributed by atoms with Gasteiger partial charge in [0, 0.05) is 13.1 Å². The highest BCUT2D eigenvalue weighted by molar-refractivity contribution is 5.20. The van der Waals surface area contributed by atoms with E-state index in [1.807, 2.05) is 0 Å². The molecular formula is C15H24N2. The molecule has 2 atom stereocenters. The van der Waals surface area contributed by atoms with Crippen LogP contribution in [0.3, 0.4) is 0 Å². The Kier molecular flexibility index (Phi) is 4.57. The molecule has 1 saturated heterocycles. The van der Waals surface area contributed by atoms with Crippen LogP contribution < -0.4 is 5.73 Å². The molecule has 1 aromatic carbocycles. The Morgan fingerprint density at radius 2 is 2.12 bits per heavy atom. The van der Waals surface area contributed by atoms with E-state index in [9.17, 15) is 0 Å². The average Bonchev–Trinajstić information content (AvgIpc) is 2.79. The molecule has 2 nitrogen and oxygen atoms in total. The second-order valence-corrected chi connectivity index (χ2v) is 5.34. The van der Waals surface area contributed by atoms with Crippen molar-refractivity contribution in [3.05, 3.63) is 35.9 Å². The molecule has 2 unspecified atom stereocenters. The minimum atomic E-state index is 0.731. The van der Waals surface area contributed by atoms with E-state index in [0.717, 1.165) is 24.8 Å². The molecule has 2 heteroatoms. The quantitative estimate of drug-likeness (QED) is 0.845. The lowest BCUT2D eigenvalue weighted by Gasteiger charge is -2.20. The fourth-order valence-electron chi connectivity index (χ4n) is 2.81. The van der Waals surface area contributed by atoms with Crippen LogP contribution in [0.25, 0.3) is 0 Å². The minimum absolute atomic E-state index is 0.731. The maximum atomic E-state index is 5.60.